The second kappa shape index (κ2) is 5.26. The minimum atomic E-state index is -3.11. The first kappa shape index (κ1) is 13.3. The van der Waals surface area contributed by atoms with E-state index in [1.54, 1.807) is 7.11 Å². The van der Waals surface area contributed by atoms with Gasteiger partial charge in [-0.05, 0) is 6.07 Å². The SMILES string of the molecule is COc1ccccc1CN[C@@H]1CS(=O)(=O)C[C@H]1O. The van der Waals surface area contributed by atoms with Gasteiger partial charge in [-0.1, -0.05) is 18.2 Å². The van der Waals surface area contributed by atoms with Gasteiger partial charge in [0.15, 0.2) is 9.84 Å². The number of nitrogens with one attached hydrogen (secondary N) is 1. The first-order chi connectivity index (χ1) is 8.52. The Bertz CT molecular complexity index is 515. The topological polar surface area (TPSA) is 75.6 Å². The highest BCUT2D eigenvalue weighted by Crippen LogP contribution is 2.18. The Morgan fingerprint density at radius 3 is 2.72 bits per heavy atom. The van der Waals surface area contributed by atoms with Crippen LogP contribution < -0.4 is 10.1 Å². The molecule has 0 radical (unpaired) electrons. The molecule has 1 aliphatic rings. The summed E-state index contributed by atoms with van der Waals surface area (Å²) in [4.78, 5) is 0. The number of sulfone groups is 1. The molecule has 0 spiro atoms. The van der Waals surface area contributed by atoms with Crippen LogP contribution in [0.5, 0.6) is 5.75 Å². The molecular formula is C12H17NO4S. The Morgan fingerprint density at radius 2 is 2.11 bits per heavy atom. The van der Waals surface area contributed by atoms with Crippen LogP contribution in [0.4, 0.5) is 0 Å². The molecule has 2 atom stereocenters. The Kier molecular flexibility index (Phi) is 3.89. The van der Waals surface area contributed by atoms with Gasteiger partial charge >= 0.3 is 0 Å². The maximum absolute atomic E-state index is 11.4. The monoisotopic (exact) mass is 271 g/mol. The highest BCUT2D eigenvalue weighted by Gasteiger charge is 2.35. The number of aliphatic hydroxyl groups is 1. The molecule has 1 aromatic rings. The van der Waals surface area contributed by atoms with E-state index < -0.39 is 22.0 Å². The van der Waals surface area contributed by atoms with Crippen molar-refractivity contribution < 1.29 is 18.3 Å². The molecule has 18 heavy (non-hydrogen) atoms. The summed E-state index contributed by atoms with van der Waals surface area (Å²) >= 11 is 0. The van der Waals surface area contributed by atoms with E-state index in [0.29, 0.717) is 6.54 Å². The van der Waals surface area contributed by atoms with Crippen molar-refractivity contribution in [1.82, 2.24) is 5.32 Å². The van der Waals surface area contributed by atoms with Gasteiger partial charge < -0.3 is 15.2 Å². The molecule has 0 aromatic heterocycles. The zero-order chi connectivity index (χ0) is 13.2. The van der Waals surface area contributed by atoms with E-state index in [1.165, 1.54) is 0 Å². The fourth-order valence-corrected chi connectivity index (χ4v) is 3.89. The second-order valence-corrected chi connectivity index (χ2v) is 6.60. The molecule has 1 saturated heterocycles. The van der Waals surface area contributed by atoms with E-state index in [1.807, 2.05) is 24.3 Å². The molecule has 0 amide bonds. The van der Waals surface area contributed by atoms with E-state index in [0.717, 1.165) is 11.3 Å². The summed E-state index contributed by atoms with van der Waals surface area (Å²) in [5, 5.41) is 12.7. The zero-order valence-electron chi connectivity index (χ0n) is 10.2. The third kappa shape index (κ3) is 3.01. The van der Waals surface area contributed by atoms with Crippen LogP contribution in [-0.2, 0) is 16.4 Å². The van der Waals surface area contributed by atoms with Gasteiger partial charge in [-0.15, -0.1) is 0 Å². The van der Waals surface area contributed by atoms with Crippen LogP contribution in [0.15, 0.2) is 24.3 Å². The minimum Gasteiger partial charge on any atom is -0.496 e. The van der Waals surface area contributed by atoms with Gasteiger partial charge in [-0.2, -0.15) is 0 Å². The molecule has 6 heteroatoms. The first-order valence-corrected chi connectivity index (χ1v) is 7.58. The number of hydrogen-bond acceptors (Lipinski definition) is 5. The van der Waals surface area contributed by atoms with Gasteiger partial charge in [-0.25, -0.2) is 8.42 Å². The number of hydrogen-bond donors (Lipinski definition) is 2. The predicted octanol–water partition coefficient (Wildman–Crippen LogP) is -0.0573. The summed E-state index contributed by atoms with van der Waals surface area (Å²) in [6, 6.07) is 7.11. The van der Waals surface area contributed by atoms with Crippen LogP contribution in [0.25, 0.3) is 0 Å². The van der Waals surface area contributed by atoms with E-state index in [-0.39, 0.29) is 11.5 Å². The molecule has 100 valence electrons. The van der Waals surface area contributed by atoms with Gasteiger partial charge in [0.2, 0.25) is 0 Å². The van der Waals surface area contributed by atoms with Crippen LogP contribution in [0.3, 0.4) is 0 Å². The van der Waals surface area contributed by atoms with Crippen molar-refractivity contribution in [2.45, 2.75) is 18.7 Å². The van der Waals surface area contributed by atoms with E-state index in [9.17, 15) is 13.5 Å². The quantitative estimate of drug-likeness (QED) is 0.802. The van der Waals surface area contributed by atoms with E-state index in [2.05, 4.69) is 5.32 Å². The van der Waals surface area contributed by atoms with E-state index >= 15 is 0 Å². The van der Waals surface area contributed by atoms with Gasteiger partial charge in [0.1, 0.15) is 5.75 Å². The van der Waals surface area contributed by atoms with Crippen LogP contribution in [0.1, 0.15) is 5.56 Å². The lowest BCUT2D eigenvalue weighted by Crippen LogP contribution is -2.38. The fourth-order valence-electron chi connectivity index (χ4n) is 2.11. The van der Waals surface area contributed by atoms with Crippen molar-refractivity contribution in [3.8, 4) is 5.75 Å². The number of aliphatic hydroxyl groups excluding tert-OH is 1. The Balaban J connectivity index is 2.00. The highest BCUT2D eigenvalue weighted by molar-refractivity contribution is 7.91. The minimum absolute atomic E-state index is 0.0106. The largest absolute Gasteiger partial charge is 0.496 e. The van der Waals surface area contributed by atoms with Crippen LogP contribution in [0, 0.1) is 0 Å². The van der Waals surface area contributed by atoms with Crippen molar-refractivity contribution in [1.29, 1.82) is 0 Å². The average Bonchev–Trinajstić information content (AvgIpc) is 2.60. The molecule has 1 aromatic carbocycles. The number of ether oxygens (including phenoxy) is 1. The lowest BCUT2D eigenvalue weighted by atomic mass is 10.1. The first-order valence-electron chi connectivity index (χ1n) is 5.75. The Hall–Kier alpha value is -1.11. The van der Waals surface area contributed by atoms with Crippen molar-refractivity contribution >= 4 is 9.84 Å². The molecule has 0 bridgehead atoms. The molecule has 0 aliphatic carbocycles. The second-order valence-electron chi connectivity index (χ2n) is 4.44. The maximum atomic E-state index is 11.4. The molecule has 1 heterocycles. The van der Waals surface area contributed by atoms with Gasteiger partial charge in [0, 0.05) is 18.2 Å². The smallest absolute Gasteiger partial charge is 0.154 e. The average molecular weight is 271 g/mol. The van der Waals surface area contributed by atoms with Gasteiger partial charge in [0.05, 0.1) is 24.7 Å². The van der Waals surface area contributed by atoms with Crippen molar-refractivity contribution in [2.24, 2.45) is 0 Å². The van der Waals surface area contributed by atoms with Crippen LogP contribution in [0.2, 0.25) is 0 Å². The van der Waals surface area contributed by atoms with Crippen LogP contribution in [-0.4, -0.2) is 44.3 Å². The lowest BCUT2D eigenvalue weighted by Gasteiger charge is -2.16. The van der Waals surface area contributed by atoms with Gasteiger partial charge in [0.25, 0.3) is 0 Å². The normalized spacial score (nSPS) is 26.1. The molecule has 2 rings (SSSR count). The summed E-state index contributed by atoms with van der Waals surface area (Å²) in [6.45, 7) is 0.473. The van der Waals surface area contributed by atoms with E-state index in [4.69, 9.17) is 4.74 Å². The molecular weight excluding hydrogens is 254 g/mol. The van der Waals surface area contributed by atoms with Crippen molar-refractivity contribution in [3.63, 3.8) is 0 Å². The van der Waals surface area contributed by atoms with Crippen molar-refractivity contribution in [3.05, 3.63) is 29.8 Å². The summed E-state index contributed by atoms with van der Waals surface area (Å²) in [7, 11) is -1.52. The molecule has 0 unspecified atom stereocenters. The van der Waals surface area contributed by atoms with Crippen LogP contribution >= 0.6 is 0 Å². The van der Waals surface area contributed by atoms with Gasteiger partial charge in [-0.3, -0.25) is 0 Å². The maximum Gasteiger partial charge on any atom is 0.154 e. The summed E-state index contributed by atoms with van der Waals surface area (Å²) in [5.74, 6) is 0.584. The third-order valence-corrected chi connectivity index (χ3v) is 4.79. The summed E-state index contributed by atoms with van der Waals surface area (Å²) in [5.41, 5.74) is 0.941. The molecule has 0 saturated carbocycles. The Labute approximate surface area is 107 Å². The number of para-hydroxylation sites is 1. The molecule has 2 N–H and O–H groups in total. The number of benzene rings is 1. The number of methoxy groups -OCH3 is 1. The fraction of sp³-hybridized carbons (Fsp3) is 0.500. The summed E-state index contributed by atoms with van der Waals surface area (Å²) < 4.78 is 27.9. The Morgan fingerprint density at radius 1 is 1.39 bits per heavy atom. The standard InChI is InChI=1S/C12H17NO4S/c1-17-12-5-3-2-4-9(12)6-13-10-7-18(15,16)8-11(10)14/h2-5,10-11,13-14H,6-8H2,1H3/t10-,11-/m1/s1. The summed E-state index contributed by atoms with van der Waals surface area (Å²) in [6.07, 6.45) is -0.829. The lowest BCUT2D eigenvalue weighted by molar-refractivity contribution is 0.165. The third-order valence-electron chi connectivity index (χ3n) is 3.07. The molecule has 1 aliphatic heterocycles. The highest BCUT2D eigenvalue weighted by atomic mass is 32.2. The number of rotatable bonds is 4. The molecule has 5 nitrogen and oxygen atoms in total. The molecule has 1 fully saturated rings. The zero-order valence-corrected chi connectivity index (χ0v) is 11.0. The van der Waals surface area contributed by atoms with Crippen molar-refractivity contribution in [2.75, 3.05) is 18.6 Å². The predicted molar refractivity (Wildman–Crippen MR) is 68.3 cm³/mol.